The van der Waals surface area contributed by atoms with Gasteiger partial charge in [-0.25, -0.2) is 0 Å². The molecule has 90 valence electrons. The Labute approximate surface area is 93.0 Å². The van der Waals surface area contributed by atoms with Crippen molar-refractivity contribution in [1.29, 1.82) is 0 Å². The number of esters is 1. The molecular formula is C11H24N2O2. The lowest BCUT2D eigenvalue weighted by molar-refractivity contribution is -0.148. The number of nitrogens with one attached hydrogen (secondary N) is 1. The SMILES string of the molecule is CCCN(C)CCC(C)(NC)C(=O)OC. The Bertz CT molecular complexity index is 197. The Balaban J connectivity index is 4.14. The van der Waals surface area contributed by atoms with E-state index in [4.69, 9.17) is 4.74 Å². The van der Waals surface area contributed by atoms with Crippen molar-refractivity contribution in [1.82, 2.24) is 10.2 Å². The van der Waals surface area contributed by atoms with Crippen molar-refractivity contribution in [2.24, 2.45) is 0 Å². The fraction of sp³-hybridized carbons (Fsp3) is 0.909. The van der Waals surface area contributed by atoms with Crippen LogP contribution in [0.1, 0.15) is 26.7 Å². The second kappa shape index (κ2) is 6.80. The Morgan fingerprint density at radius 3 is 2.47 bits per heavy atom. The second-order valence-corrected chi connectivity index (χ2v) is 4.13. The molecule has 0 heterocycles. The summed E-state index contributed by atoms with van der Waals surface area (Å²) in [5.74, 6) is -0.199. The summed E-state index contributed by atoms with van der Waals surface area (Å²) in [7, 11) is 5.28. The highest BCUT2D eigenvalue weighted by atomic mass is 16.5. The van der Waals surface area contributed by atoms with Crippen molar-refractivity contribution in [3.8, 4) is 0 Å². The van der Waals surface area contributed by atoms with E-state index < -0.39 is 5.54 Å². The summed E-state index contributed by atoms with van der Waals surface area (Å²) in [6.45, 7) is 5.97. The smallest absolute Gasteiger partial charge is 0.325 e. The van der Waals surface area contributed by atoms with Gasteiger partial charge in [-0.2, -0.15) is 0 Å². The van der Waals surface area contributed by atoms with Crippen LogP contribution in [0.2, 0.25) is 0 Å². The highest BCUT2D eigenvalue weighted by Gasteiger charge is 2.32. The van der Waals surface area contributed by atoms with Gasteiger partial charge in [0.15, 0.2) is 0 Å². The zero-order valence-electron chi connectivity index (χ0n) is 10.6. The lowest BCUT2D eigenvalue weighted by atomic mass is 9.98. The van der Waals surface area contributed by atoms with Crippen molar-refractivity contribution >= 4 is 5.97 Å². The normalized spacial score (nSPS) is 15.1. The monoisotopic (exact) mass is 216 g/mol. The van der Waals surface area contributed by atoms with Gasteiger partial charge in [0.05, 0.1) is 7.11 Å². The van der Waals surface area contributed by atoms with Crippen LogP contribution in [-0.4, -0.2) is 50.7 Å². The molecule has 0 aliphatic heterocycles. The van der Waals surface area contributed by atoms with E-state index in [-0.39, 0.29) is 5.97 Å². The minimum Gasteiger partial charge on any atom is -0.468 e. The Kier molecular flexibility index (Phi) is 6.52. The van der Waals surface area contributed by atoms with E-state index in [1.54, 1.807) is 7.05 Å². The zero-order chi connectivity index (χ0) is 11.9. The van der Waals surface area contributed by atoms with E-state index in [1.807, 2.05) is 6.92 Å². The van der Waals surface area contributed by atoms with E-state index in [2.05, 4.69) is 24.2 Å². The maximum absolute atomic E-state index is 11.5. The first-order chi connectivity index (χ1) is 7.00. The van der Waals surface area contributed by atoms with Gasteiger partial charge in [-0.1, -0.05) is 6.92 Å². The quantitative estimate of drug-likeness (QED) is 0.641. The van der Waals surface area contributed by atoms with Crippen LogP contribution in [0.5, 0.6) is 0 Å². The third-order valence-electron chi connectivity index (χ3n) is 2.79. The van der Waals surface area contributed by atoms with Gasteiger partial charge in [-0.3, -0.25) is 4.79 Å². The number of hydrogen-bond acceptors (Lipinski definition) is 4. The third kappa shape index (κ3) is 4.62. The maximum atomic E-state index is 11.5. The number of carbonyl (C=O) groups is 1. The number of methoxy groups -OCH3 is 1. The molecule has 1 N–H and O–H groups in total. The largest absolute Gasteiger partial charge is 0.468 e. The van der Waals surface area contributed by atoms with Crippen LogP contribution < -0.4 is 5.32 Å². The second-order valence-electron chi connectivity index (χ2n) is 4.13. The summed E-state index contributed by atoms with van der Waals surface area (Å²) >= 11 is 0. The summed E-state index contributed by atoms with van der Waals surface area (Å²) in [6.07, 6.45) is 1.89. The average molecular weight is 216 g/mol. The summed E-state index contributed by atoms with van der Waals surface area (Å²) in [4.78, 5) is 13.8. The Morgan fingerprint density at radius 1 is 1.47 bits per heavy atom. The van der Waals surface area contributed by atoms with Gasteiger partial charge < -0.3 is 15.0 Å². The lowest BCUT2D eigenvalue weighted by Gasteiger charge is -2.28. The third-order valence-corrected chi connectivity index (χ3v) is 2.79. The summed E-state index contributed by atoms with van der Waals surface area (Å²) in [5, 5.41) is 3.03. The molecule has 0 aromatic heterocycles. The molecule has 1 atom stereocenters. The predicted octanol–water partition coefficient (Wildman–Crippen LogP) is 0.869. The predicted molar refractivity (Wildman–Crippen MR) is 61.9 cm³/mol. The summed E-state index contributed by atoms with van der Waals surface area (Å²) < 4.78 is 4.78. The molecule has 0 radical (unpaired) electrons. The molecule has 0 rings (SSSR count). The Hall–Kier alpha value is -0.610. The molecule has 0 aliphatic carbocycles. The molecule has 0 aromatic carbocycles. The van der Waals surface area contributed by atoms with Crippen LogP contribution in [-0.2, 0) is 9.53 Å². The van der Waals surface area contributed by atoms with Crippen LogP contribution in [0.25, 0.3) is 0 Å². The van der Waals surface area contributed by atoms with Crippen LogP contribution >= 0.6 is 0 Å². The molecular weight excluding hydrogens is 192 g/mol. The van der Waals surface area contributed by atoms with Gasteiger partial charge in [0.25, 0.3) is 0 Å². The van der Waals surface area contributed by atoms with Crippen LogP contribution in [0, 0.1) is 0 Å². The van der Waals surface area contributed by atoms with Gasteiger partial charge in [-0.05, 0) is 40.4 Å². The first kappa shape index (κ1) is 14.4. The molecule has 0 amide bonds. The molecule has 0 spiro atoms. The zero-order valence-corrected chi connectivity index (χ0v) is 10.6. The number of carbonyl (C=O) groups excluding carboxylic acids is 1. The van der Waals surface area contributed by atoms with Gasteiger partial charge in [0.2, 0.25) is 0 Å². The molecule has 0 bridgehead atoms. The standard InChI is InChI=1S/C11H24N2O2/c1-6-8-13(4)9-7-11(2,12-3)10(14)15-5/h12H,6-9H2,1-5H3. The first-order valence-corrected chi connectivity index (χ1v) is 5.46. The fourth-order valence-electron chi connectivity index (χ4n) is 1.46. The molecule has 0 aromatic rings. The van der Waals surface area contributed by atoms with Crippen molar-refractivity contribution in [3.05, 3.63) is 0 Å². The van der Waals surface area contributed by atoms with Crippen LogP contribution in [0.4, 0.5) is 0 Å². The molecule has 1 unspecified atom stereocenters. The molecule has 4 heteroatoms. The van der Waals surface area contributed by atoms with E-state index in [0.29, 0.717) is 0 Å². The summed E-state index contributed by atoms with van der Waals surface area (Å²) in [6, 6.07) is 0. The molecule has 15 heavy (non-hydrogen) atoms. The molecule has 4 nitrogen and oxygen atoms in total. The van der Waals surface area contributed by atoms with Gasteiger partial charge in [0.1, 0.15) is 5.54 Å². The Morgan fingerprint density at radius 2 is 2.07 bits per heavy atom. The van der Waals surface area contributed by atoms with Crippen LogP contribution in [0.3, 0.4) is 0 Å². The number of ether oxygens (including phenoxy) is 1. The first-order valence-electron chi connectivity index (χ1n) is 5.46. The molecule has 0 saturated carbocycles. The summed E-state index contributed by atoms with van der Waals surface area (Å²) in [5.41, 5.74) is -0.573. The van der Waals surface area contributed by atoms with Gasteiger partial charge in [0, 0.05) is 6.54 Å². The van der Waals surface area contributed by atoms with E-state index in [0.717, 1.165) is 25.9 Å². The molecule has 0 saturated heterocycles. The van der Waals surface area contributed by atoms with Crippen LogP contribution in [0.15, 0.2) is 0 Å². The van der Waals surface area contributed by atoms with E-state index in [1.165, 1.54) is 7.11 Å². The minimum absolute atomic E-state index is 0.199. The van der Waals surface area contributed by atoms with Gasteiger partial charge >= 0.3 is 5.97 Å². The van der Waals surface area contributed by atoms with Crippen molar-refractivity contribution in [2.75, 3.05) is 34.3 Å². The average Bonchev–Trinajstić information content (AvgIpc) is 2.25. The number of hydrogen-bond donors (Lipinski definition) is 1. The van der Waals surface area contributed by atoms with Gasteiger partial charge in [-0.15, -0.1) is 0 Å². The van der Waals surface area contributed by atoms with E-state index in [9.17, 15) is 4.79 Å². The topological polar surface area (TPSA) is 41.6 Å². The minimum atomic E-state index is -0.573. The molecule has 0 fully saturated rings. The maximum Gasteiger partial charge on any atom is 0.325 e. The highest BCUT2D eigenvalue weighted by Crippen LogP contribution is 2.11. The number of rotatable bonds is 7. The van der Waals surface area contributed by atoms with Crippen molar-refractivity contribution < 1.29 is 9.53 Å². The molecule has 0 aliphatic rings. The van der Waals surface area contributed by atoms with Crippen molar-refractivity contribution in [2.45, 2.75) is 32.2 Å². The number of nitrogens with zero attached hydrogens (tertiary/aromatic N) is 1. The fourth-order valence-corrected chi connectivity index (χ4v) is 1.46. The lowest BCUT2D eigenvalue weighted by Crippen LogP contribution is -2.50. The number of likely N-dealkylation sites (N-methyl/N-ethyl adjacent to an activating group) is 1. The highest BCUT2D eigenvalue weighted by molar-refractivity contribution is 5.80. The van der Waals surface area contributed by atoms with Crippen molar-refractivity contribution in [3.63, 3.8) is 0 Å². The van der Waals surface area contributed by atoms with E-state index >= 15 is 0 Å².